The van der Waals surface area contributed by atoms with E-state index in [1.807, 2.05) is 0 Å². The second-order valence-electron chi connectivity index (χ2n) is 5.09. The molecule has 15 heavy (non-hydrogen) atoms. The Morgan fingerprint density at radius 3 is 2.27 bits per heavy atom. The molecule has 2 fully saturated rings. The summed E-state index contributed by atoms with van der Waals surface area (Å²) in [6.07, 6.45) is 7.98. The standard InChI is InChI=1S/C12H21NO2/c14-12(15)10-4-6-11(7-5-10)13-8-9-2-1-3-9/h9-11,13H,1-8H2,(H,14,15). The molecule has 0 spiro atoms. The van der Waals surface area contributed by atoms with E-state index in [0.717, 1.165) is 38.1 Å². The molecule has 0 aromatic rings. The minimum atomic E-state index is -0.604. The second-order valence-corrected chi connectivity index (χ2v) is 5.09. The summed E-state index contributed by atoms with van der Waals surface area (Å²) < 4.78 is 0. The summed E-state index contributed by atoms with van der Waals surface area (Å²) in [5, 5.41) is 12.5. The molecule has 2 saturated carbocycles. The molecule has 0 saturated heterocycles. The lowest BCUT2D eigenvalue weighted by Gasteiger charge is -2.31. The highest BCUT2D eigenvalue weighted by Crippen LogP contribution is 2.27. The molecule has 0 atom stereocenters. The van der Waals surface area contributed by atoms with E-state index in [-0.39, 0.29) is 5.92 Å². The van der Waals surface area contributed by atoms with Gasteiger partial charge in [-0.15, -0.1) is 0 Å². The van der Waals surface area contributed by atoms with Crippen molar-refractivity contribution >= 4 is 5.97 Å². The third-order valence-corrected chi connectivity index (χ3v) is 4.00. The minimum Gasteiger partial charge on any atom is -0.481 e. The van der Waals surface area contributed by atoms with Gasteiger partial charge in [0.05, 0.1) is 5.92 Å². The van der Waals surface area contributed by atoms with Crippen LogP contribution in [-0.4, -0.2) is 23.7 Å². The van der Waals surface area contributed by atoms with Crippen molar-refractivity contribution in [3.05, 3.63) is 0 Å². The number of hydrogen-bond acceptors (Lipinski definition) is 2. The van der Waals surface area contributed by atoms with Crippen LogP contribution >= 0.6 is 0 Å². The van der Waals surface area contributed by atoms with Gasteiger partial charge in [0, 0.05) is 6.04 Å². The Kier molecular flexibility index (Phi) is 3.62. The van der Waals surface area contributed by atoms with Gasteiger partial charge in [-0.1, -0.05) is 6.42 Å². The van der Waals surface area contributed by atoms with Crippen LogP contribution in [0.5, 0.6) is 0 Å². The third-order valence-electron chi connectivity index (χ3n) is 4.00. The molecule has 0 aromatic carbocycles. The van der Waals surface area contributed by atoms with Crippen LogP contribution in [0.3, 0.4) is 0 Å². The van der Waals surface area contributed by atoms with Crippen LogP contribution in [0.1, 0.15) is 44.9 Å². The van der Waals surface area contributed by atoms with Gasteiger partial charge in [0.1, 0.15) is 0 Å². The van der Waals surface area contributed by atoms with Crippen molar-refractivity contribution in [3.63, 3.8) is 0 Å². The highest BCUT2D eigenvalue weighted by atomic mass is 16.4. The predicted molar refractivity (Wildman–Crippen MR) is 58.7 cm³/mol. The maximum absolute atomic E-state index is 10.8. The first-order valence-corrected chi connectivity index (χ1v) is 6.22. The molecule has 0 bridgehead atoms. The van der Waals surface area contributed by atoms with Crippen LogP contribution in [0, 0.1) is 11.8 Å². The zero-order chi connectivity index (χ0) is 10.7. The van der Waals surface area contributed by atoms with E-state index in [4.69, 9.17) is 5.11 Å². The summed E-state index contributed by atoms with van der Waals surface area (Å²) in [6.45, 7) is 1.16. The summed E-state index contributed by atoms with van der Waals surface area (Å²) >= 11 is 0. The molecular formula is C12H21NO2. The number of aliphatic carboxylic acids is 1. The van der Waals surface area contributed by atoms with Gasteiger partial charge in [-0.2, -0.15) is 0 Å². The molecule has 2 rings (SSSR count). The summed E-state index contributed by atoms with van der Waals surface area (Å²) in [5.74, 6) is 0.224. The van der Waals surface area contributed by atoms with Crippen molar-refractivity contribution in [1.29, 1.82) is 0 Å². The van der Waals surface area contributed by atoms with Gasteiger partial charge in [-0.05, 0) is 51.0 Å². The number of carboxylic acid groups (broad SMARTS) is 1. The van der Waals surface area contributed by atoms with Crippen molar-refractivity contribution in [2.75, 3.05) is 6.54 Å². The Morgan fingerprint density at radius 1 is 1.13 bits per heavy atom. The third kappa shape index (κ3) is 2.94. The highest BCUT2D eigenvalue weighted by Gasteiger charge is 2.26. The van der Waals surface area contributed by atoms with Crippen molar-refractivity contribution in [1.82, 2.24) is 5.32 Å². The fourth-order valence-electron chi connectivity index (χ4n) is 2.57. The Morgan fingerprint density at radius 2 is 1.80 bits per heavy atom. The smallest absolute Gasteiger partial charge is 0.306 e. The number of carbonyl (C=O) groups is 1. The highest BCUT2D eigenvalue weighted by molar-refractivity contribution is 5.70. The zero-order valence-corrected chi connectivity index (χ0v) is 9.24. The molecule has 0 heterocycles. The van der Waals surface area contributed by atoms with Crippen molar-refractivity contribution in [2.45, 2.75) is 51.0 Å². The van der Waals surface area contributed by atoms with Gasteiger partial charge in [0.25, 0.3) is 0 Å². The summed E-state index contributed by atoms with van der Waals surface area (Å²) in [5.41, 5.74) is 0. The van der Waals surface area contributed by atoms with Crippen molar-refractivity contribution in [2.24, 2.45) is 11.8 Å². The summed E-state index contributed by atoms with van der Waals surface area (Å²) in [4.78, 5) is 10.8. The number of rotatable bonds is 4. The molecule has 0 unspecified atom stereocenters. The molecule has 0 aliphatic heterocycles. The molecular weight excluding hydrogens is 190 g/mol. The first kappa shape index (κ1) is 10.9. The lowest BCUT2D eigenvalue weighted by atomic mass is 9.83. The van der Waals surface area contributed by atoms with Gasteiger partial charge >= 0.3 is 5.97 Å². The number of nitrogens with one attached hydrogen (secondary N) is 1. The molecule has 86 valence electrons. The van der Waals surface area contributed by atoms with Crippen LogP contribution in [0.2, 0.25) is 0 Å². The fraction of sp³-hybridized carbons (Fsp3) is 0.917. The second kappa shape index (κ2) is 4.97. The lowest BCUT2D eigenvalue weighted by Crippen LogP contribution is -2.38. The van der Waals surface area contributed by atoms with E-state index in [0.29, 0.717) is 6.04 Å². The van der Waals surface area contributed by atoms with E-state index in [9.17, 15) is 4.79 Å². The maximum Gasteiger partial charge on any atom is 0.306 e. The topological polar surface area (TPSA) is 49.3 Å². The molecule has 0 radical (unpaired) electrons. The average Bonchev–Trinajstić information content (AvgIpc) is 2.16. The maximum atomic E-state index is 10.8. The van der Waals surface area contributed by atoms with Gasteiger partial charge < -0.3 is 10.4 Å². The molecule has 0 aromatic heterocycles. The Labute approximate surface area is 91.2 Å². The van der Waals surface area contributed by atoms with Crippen LogP contribution < -0.4 is 5.32 Å². The van der Waals surface area contributed by atoms with E-state index < -0.39 is 5.97 Å². The molecule has 3 heteroatoms. The number of hydrogen-bond donors (Lipinski definition) is 2. The number of carboxylic acids is 1. The average molecular weight is 211 g/mol. The van der Waals surface area contributed by atoms with Crippen LogP contribution in [-0.2, 0) is 4.79 Å². The zero-order valence-electron chi connectivity index (χ0n) is 9.24. The predicted octanol–water partition coefficient (Wildman–Crippen LogP) is 2.02. The van der Waals surface area contributed by atoms with Gasteiger partial charge in [-0.25, -0.2) is 0 Å². The quantitative estimate of drug-likeness (QED) is 0.748. The van der Waals surface area contributed by atoms with Crippen LogP contribution in [0.25, 0.3) is 0 Å². The monoisotopic (exact) mass is 211 g/mol. The Balaban J connectivity index is 1.62. The lowest BCUT2D eigenvalue weighted by molar-refractivity contribution is -0.142. The van der Waals surface area contributed by atoms with E-state index >= 15 is 0 Å². The van der Waals surface area contributed by atoms with E-state index in [2.05, 4.69) is 5.32 Å². The molecule has 2 aliphatic rings. The van der Waals surface area contributed by atoms with Gasteiger partial charge in [0.15, 0.2) is 0 Å². The first-order valence-electron chi connectivity index (χ1n) is 6.22. The summed E-state index contributed by atoms with van der Waals surface area (Å²) in [6, 6.07) is 0.584. The molecule has 2 aliphatic carbocycles. The van der Waals surface area contributed by atoms with E-state index in [1.165, 1.54) is 19.3 Å². The summed E-state index contributed by atoms with van der Waals surface area (Å²) in [7, 11) is 0. The molecule has 2 N–H and O–H groups in total. The largest absolute Gasteiger partial charge is 0.481 e. The van der Waals surface area contributed by atoms with Crippen LogP contribution in [0.4, 0.5) is 0 Å². The van der Waals surface area contributed by atoms with Gasteiger partial charge in [-0.3, -0.25) is 4.79 Å². The fourth-order valence-corrected chi connectivity index (χ4v) is 2.57. The van der Waals surface area contributed by atoms with Crippen molar-refractivity contribution < 1.29 is 9.90 Å². The Bertz CT molecular complexity index is 218. The van der Waals surface area contributed by atoms with Crippen molar-refractivity contribution in [3.8, 4) is 0 Å². The Hall–Kier alpha value is -0.570. The first-order chi connectivity index (χ1) is 7.25. The van der Waals surface area contributed by atoms with Crippen LogP contribution in [0.15, 0.2) is 0 Å². The minimum absolute atomic E-state index is 0.0771. The normalized spacial score (nSPS) is 32.3. The molecule has 3 nitrogen and oxygen atoms in total. The van der Waals surface area contributed by atoms with Gasteiger partial charge in [0.2, 0.25) is 0 Å². The molecule has 0 amide bonds. The SMILES string of the molecule is O=C(O)C1CCC(NCC2CCC2)CC1. The van der Waals surface area contributed by atoms with E-state index in [1.54, 1.807) is 0 Å².